The van der Waals surface area contributed by atoms with E-state index in [0.29, 0.717) is 17.3 Å². The van der Waals surface area contributed by atoms with Crippen molar-refractivity contribution in [1.82, 2.24) is 10.3 Å². The minimum atomic E-state index is -0.0940. The molecule has 1 unspecified atom stereocenters. The average molecular weight is 276 g/mol. The molecule has 20 heavy (non-hydrogen) atoms. The fourth-order valence-corrected chi connectivity index (χ4v) is 3.04. The van der Waals surface area contributed by atoms with E-state index in [4.69, 9.17) is 5.84 Å². The van der Waals surface area contributed by atoms with Crippen LogP contribution < -0.4 is 16.6 Å². The number of pyridine rings is 1. The number of hydrogen-bond donors (Lipinski definition) is 3. The van der Waals surface area contributed by atoms with E-state index in [9.17, 15) is 4.79 Å². The molecule has 5 nitrogen and oxygen atoms in total. The molecule has 1 heterocycles. The number of carbonyl (C=O) groups excluding carboxylic acids is 1. The summed E-state index contributed by atoms with van der Waals surface area (Å²) >= 11 is 0. The van der Waals surface area contributed by atoms with Crippen LogP contribution in [0.4, 0.5) is 5.82 Å². The van der Waals surface area contributed by atoms with E-state index in [1.807, 2.05) is 0 Å². The number of anilines is 1. The minimum absolute atomic E-state index is 0.0940. The van der Waals surface area contributed by atoms with Crippen molar-refractivity contribution in [2.45, 2.75) is 51.5 Å². The minimum Gasteiger partial charge on any atom is -0.349 e. The van der Waals surface area contributed by atoms with Gasteiger partial charge in [0.05, 0.1) is 5.56 Å². The number of hydrogen-bond acceptors (Lipinski definition) is 4. The summed E-state index contributed by atoms with van der Waals surface area (Å²) in [6.45, 7) is 2.13. The summed E-state index contributed by atoms with van der Waals surface area (Å²) < 4.78 is 0. The quantitative estimate of drug-likeness (QED) is 0.570. The molecule has 1 aromatic rings. The monoisotopic (exact) mass is 276 g/mol. The number of carbonyl (C=O) groups is 1. The Hall–Kier alpha value is -1.62. The fraction of sp³-hybridized carbons (Fsp3) is 0.600. The van der Waals surface area contributed by atoms with Crippen LogP contribution in [-0.2, 0) is 0 Å². The molecule has 0 radical (unpaired) electrons. The van der Waals surface area contributed by atoms with E-state index >= 15 is 0 Å². The third-order valence-electron chi connectivity index (χ3n) is 4.16. The lowest BCUT2D eigenvalue weighted by molar-refractivity contribution is 0.0911. The Balaban J connectivity index is 2.04. The van der Waals surface area contributed by atoms with E-state index in [0.717, 1.165) is 6.42 Å². The number of nitrogens with one attached hydrogen (secondary N) is 2. The van der Waals surface area contributed by atoms with Crippen LogP contribution in [0.5, 0.6) is 0 Å². The largest absolute Gasteiger partial charge is 0.349 e. The highest BCUT2D eigenvalue weighted by atomic mass is 16.1. The third-order valence-corrected chi connectivity index (χ3v) is 4.16. The van der Waals surface area contributed by atoms with Gasteiger partial charge in [-0.2, -0.15) is 0 Å². The zero-order valence-corrected chi connectivity index (χ0v) is 12.1. The number of nitrogen functional groups attached to an aromatic ring is 1. The van der Waals surface area contributed by atoms with E-state index in [2.05, 4.69) is 22.7 Å². The van der Waals surface area contributed by atoms with Gasteiger partial charge in [-0.05, 0) is 37.3 Å². The lowest BCUT2D eigenvalue weighted by Crippen LogP contribution is -2.41. The van der Waals surface area contributed by atoms with Crippen LogP contribution >= 0.6 is 0 Å². The Morgan fingerprint density at radius 2 is 2.20 bits per heavy atom. The smallest absolute Gasteiger partial charge is 0.255 e. The first-order valence-corrected chi connectivity index (χ1v) is 7.48. The van der Waals surface area contributed by atoms with Gasteiger partial charge in [-0.3, -0.25) is 4.79 Å². The molecule has 1 amide bonds. The Bertz CT molecular complexity index is 443. The van der Waals surface area contributed by atoms with Gasteiger partial charge in [0.2, 0.25) is 0 Å². The molecule has 0 spiro atoms. The van der Waals surface area contributed by atoms with Crippen molar-refractivity contribution in [3.63, 3.8) is 0 Å². The normalized spacial score (nSPS) is 17.5. The first-order chi connectivity index (χ1) is 9.76. The molecule has 4 N–H and O–H groups in total. The van der Waals surface area contributed by atoms with E-state index in [-0.39, 0.29) is 11.9 Å². The van der Waals surface area contributed by atoms with Crippen molar-refractivity contribution in [3.8, 4) is 0 Å². The average Bonchev–Trinajstić information content (AvgIpc) is 2.53. The van der Waals surface area contributed by atoms with E-state index < -0.39 is 0 Å². The van der Waals surface area contributed by atoms with Crippen LogP contribution in [-0.4, -0.2) is 16.9 Å². The van der Waals surface area contributed by atoms with Crippen molar-refractivity contribution < 1.29 is 4.79 Å². The van der Waals surface area contributed by atoms with Crippen LogP contribution in [0.25, 0.3) is 0 Å². The van der Waals surface area contributed by atoms with E-state index in [1.165, 1.54) is 32.1 Å². The summed E-state index contributed by atoms with van der Waals surface area (Å²) in [5.74, 6) is 6.33. The molecule has 1 atom stereocenters. The van der Waals surface area contributed by atoms with Gasteiger partial charge in [0.15, 0.2) is 5.82 Å². The molecular weight excluding hydrogens is 252 g/mol. The SMILES string of the molecule is CCC(NC(=O)c1cccnc1NN)C1CCCCC1. The van der Waals surface area contributed by atoms with Crippen molar-refractivity contribution in [2.75, 3.05) is 5.43 Å². The number of amides is 1. The lowest BCUT2D eigenvalue weighted by Gasteiger charge is -2.30. The van der Waals surface area contributed by atoms with Crippen molar-refractivity contribution in [1.29, 1.82) is 0 Å². The second-order valence-electron chi connectivity index (χ2n) is 5.43. The molecule has 5 heteroatoms. The van der Waals surface area contributed by atoms with Crippen molar-refractivity contribution >= 4 is 11.7 Å². The predicted octanol–water partition coefficient (Wildman–Crippen LogP) is 2.46. The zero-order valence-electron chi connectivity index (χ0n) is 12.1. The topological polar surface area (TPSA) is 80.0 Å². The number of hydrazine groups is 1. The van der Waals surface area contributed by atoms with Crippen LogP contribution in [0.1, 0.15) is 55.8 Å². The summed E-state index contributed by atoms with van der Waals surface area (Å²) in [5, 5.41) is 3.15. The highest BCUT2D eigenvalue weighted by Gasteiger charge is 2.24. The van der Waals surface area contributed by atoms with Gasteiger partial charge in [0.25, 0.3) is 5.91 Å². The summed E-state index contributed by atoms with van der Waals surface area (Å²) in [5.41, 5.74) is 2.98. The lowest BCUT2D eigenvalue weighted by atomic mass is 9.83. The first-order valence-electron chi connectivity index (χ1n) is 7.48. The Morgan fingerprint density at radius 1 is 1.45 bits per heavy atom. The molecule has 1 aromatic heterocycles. The van der Waals surface area contributed by atoms with Gasteiger partial charge >= 0.3 is 0 Å². The maximum absolute atomic E-state index is 12.4. The number of rotatable bonds is 5. The molecule has 1 saturated carbocycles. The van der Waals surface area contributed by atoms with Gasteiger partial charge in [-0.25, -0.2) is 10.8 Å². The molecule has 1 fully saturated rings. The summed E-state index contributed by atoms with van der Waals surface area (Å²) in [6.07, 6.45) is 8.89. The number of nitrogens with two attached hydrogens (primary N) is 1. The Morgan fingerprint density at radius 3 is 2.85 bits per heavy atom. The Kier molecular flexibility index (Phi) is 5.35. The molecular formula is C15H24N4O. The van der Waals surface area contributed by atoms with Crippen LogP contribution in [0.15, 0.2) is 18.3 Å². The predicted molar refractivity (Wildman–Crippen MR) is 80.2 cm³/mol. The maximum Gasteiger partial charge on any atom is 0.255 e. The van der Waals surface area contributed by atoms with Gasteiger partial charge in [-0.15, -0.1) is 0 Å². The van der Waals surface area contributed by atoms with E-state index in [1.54, 1.807) is 18.3 Å². The zero-order chi connectivity index (χ0) is 14.4. The maximum atomic E-state index is 12.4. The highest BCUT2D eigenvalue weighted by Crippen LogP contribution is 2.28. The molecule has 1 aliphatic rings. The number of nitrogens with zero attached hydrogens (tertiary/aromatic N) is 1. The van der Waals surface area contributed by atoms with Crippen LogP contribution in [0.2, 0.25) is 0 Å². The first kappa shape index (κ1) is 14.8. The molecule has 0 saturated heterocycles. The van der Waals surface area contributed by atoms with Crippen LogP contribution in [0, 0.1) is 5.92 Å². The molecule has 110 valence electrons. The third kappa shape index (κ3) is 3.48. The number of aromatic nitrogens is 1. The molecule has 2 rings (SSSR count). The van der Waals surface area contributed by atoms with Gasteiger partial charge in [0, 0.05) is 12.2 Å². The standard InChI is InChI=1S/C15H24N4O/c1-2-13(11-7-4-3-5-8-11)18-15(20)12-9-6-10-17-14(12)19-16/h6,9-11,13H,2-5,7-8,16H2,1H3,(H,17,19)(H,18,20). The van der Waals surface area contributed by atoms with Crippen LogP contribution in [0.3, 0.4) is 0 Å². The van der Waals surface area contributed by atoms with Gasteiger partial charge in [0.1, 0.15) is 0 Å². The Labute approximate surface area is 120 Å². The van der Waals surface area contributed by atoms with Gasteiger partial charge in [-0.1, -0.05) is 26.2 Å². The van der Waals surface area contributed by atoms with Crippen molar-refractivity contribution in [2.24, 2.45) is 11.8 Å². The highest BCUT2D eigenvalue weighted by molar-refractivity contribution is 5.98. The summed E-state index contributed by atoms with van der Waals surface area (Å²) in [6, 6.07) is 3.73. The van der Waals surface area contributed by atoms with Gasteiger partial charge < -0.3 is 10.7 Å². The second kappa shape index (κ2) is 7.24. The second-order valence-corrected chi connectivity index (χ2v) is 5.43. The molecule has 1 aliphatic carbocycles. The summed E-state index contributed by atoms with van der Waals surface area (Å²) in [7, 11) is 0. The summed E-state index contributed by atoms with van der Waals surface area (Å²) in [4.78, 5) is 16.5. The molecule has 0 bridgehead atoms. The fourth-order valence-electron chi connectivity index (χ4n) is 3.04. The molecule has 0 aliphatic heterocycles. The van der Waals surface area contributed by atoms with Crippen molar-refractivity contribution in [3.05, 3.63) is 23.9 Å². The molecule has 0 aromatic carbocycles.